The standard InChI is InChI=1S/C20H25NO3S/c1-4-5-11-24-14-16-12-15(9-10-19(16)23-2)20(22)21-17-7-6-8-18(13-17)25-3/h6-10,12-13H,4-5,11,14H2,1-3H3,(H,21,22). The molecule has 0 saturated carbocycles. The number of thioether (sulfide) groups is 1. The largest absolute Gasteiger partial charge is 0.496 e. The summed E-state index contributed by atoms with van der Waals surface area (Å²) >= 11 is 1.64. The summed E-state index contributed by atoms with van der Waals surface area (Å²) in [4.78, 5) is 13.7. The van der Waals surface area contributed by atoms with E-state index in [0.29, 0.717) is 18.8 Å². The van der Waals surface area contributed by atoms with Crippen molar-refractivity contribution < 1.29 is 14.3 Å². The van der Waals surface area contributed by atoms with Crippen LogP contribution in [0.2, 0.25) is 0 Å². The molecule has 0 saturated heterocycles. The van der Waals surface area contributed by atoms with Gasteiger partial charge in [-0.3, -0.25) is 4.79 Å². The van der Waals surface area contributed by atoms with Gasteiger partial charge in [-0.2, -0.15) is 0 Å². The molecule has 25 heavy (non-hydrogen) atoms. The molecule has 4 nitrogen and oxygen atoms in total. The van der Waals surface area contributed by atoms with Gasteiger partial charge in [0.25, 0.3) is 5.91 Å². The van der Waals surface area contributed by atoms with Crippen molar-refractivity contribution in [3.05, 3.63) is 53.6 Å². The van der Waals surface area contributed by atoms with Crippen molar-refractivity contribution in [1.82, 2.24) is 0 Å². The third kappa shape index (κ3) is 5.80. The van der Waals surface area contributed by atoms with Gasteiger partial charge in [-0.15, -0.1) is 11.8 Å². The van der Waals surface area contributed by atoms with E-state index in [0.717, 1.165) is 34.7 Å². The Balaban J connectivity index is 2.10. The molecule has 0 aliphatic heterocycles. The van der Waals surface area contributed by atoms with Crippen molar-refractivity contribution in [1.29, 1.82) is 0 Å². The Morgan fingerprint density at radius 3 is 2.76 bits per heavy atom. The average molecular weight is 359 g/mol. The van der Waals surface area contributed by atoms with Crippen molar-refractivity contribution in [2.75, 3.05) is 25.3 Å². The zero-order valence-corrected chi connectivity index (χ0v) is 15.8. The molecule has 2 aromatic rings. The van der Waals surface area contributed by atoms with E-state index < -0.39 is 0 Å². The lowest BCUT2D eigenvalue weighted by atomic mass is 10.1. The number of nitrogens with one attached hydrogen (secondary N) is 1. The molecule has 0 fully saturated rings. The van der Waals surface area contributed by atoms with Gasteiger partial charge in [0.1, 0.15) is 5.75 Å². The first-order valence-electron chi connectivity index (χ1n) is 8.38. The van der Waals surface area contributed by atoms with E-state index in [1.165, 1.54) is 0 Å². The predicted molar refractivity (Wildman–Crippen MR) is 104 cm³/mol. The molecule has 134 valence electrons. The second-order valence-electron chi connectivity index (χ2n) is 5.62. The Bertz CT molecular complexity index is 703. The lowest BCUT2D eigenvalue weighted by molar-refractivity contribution is 0.102. The van der Waals surface area contributed by atoms with Crippen molar-refractivity contribution >= 4 is 23.4 Å². The predicted octanol–water partition coefficient (Wildman–Crippen LogP) is 4.99. The molecule has 0 aliphatic carbocycles. The number of hydrogen-bond donors (Lipinski definition) is 1. The van der Waals surface area contributed by atoms with E-state index in [4.69, 9.17) is 9.47 Å². The fraction of sp³-hybridized carbons (Fsp3) is 0.350. The van der Waals surface area contributed by atoms with Crippen LogP contribution in [0.25, 0.3) is 0 Å². The Labute approximate surface area is 153 Å². The smallest absolute Gasteiger partial charge is 0.255 e. The summed E-state index contributed by atoms with van der Waals surface area (Å²) in [5.74, 6) is 0.591. The highest BCUT2D eigenvalue weighted by molar-refractivity contribution is 7.98. The Morgan fingerprint density at radius 2 is 2.04 bits per heavy atom. The fourth-order valence-corrected chi connectivity index (χ4v) is 2.82. The molecule has 1 N–H and O–H groups in total. The molecule has 0 radical (unpaired) electrons. The summed E-state index contributed by atoms with van der Waals surface area (Å²) in [5, 5.41) is 2.94. The van der Waals surface area contributed by atoms with Gasteiger partial charge in [-0.1, -0.05) is 19.4 Å². The highest BCUT2D eigenvalue weighted by Crippen LogP contribution is 2.23. The monoisotopic (exact) mass is 359 g/mol. The number of carbonyl (C=O) groups is 1. The topological polar surface area (TPSA) is 47.6 Å². The van der Waals surface area contributed by atoms with Crippen LogP contribution >= 0.6 is 11.8 Å². The van der Waals surface area contributed by atoms with Gasteiger partial charge in [0.05, 0.1) is 13.7 Å². The minimum absolute atomic E-state index is 0.143. The quantitative estimate of drug-likeness (QED) is 0.506. The summed E-state index contributed by atoms with van der Waals surface area (Å²) in [6.07, 6.45) is 4.12. The maximum atomic E-state index is 12.5. The van der Waals surface area contributed by atoms with Crippen molar-refractivity contribution in [2.24, 2.45) is 0 Å². The first-order chi connectivity index (χ1) is 12.2. The summed E-state index contributed by atoms with van der Waals surface area (Å²) in [6.45, 7) is 3.27. The number of benzene rings is 2. The van der Waals surface area contributed by atoms with Crippen LogP contribution in [0.4, 0.5) is 5.69 Å². The molecular formula is C20H25NO3S. The highest BCUT2D eigenvalue weighted by atomic mass is 32.2. The van der Waals surface area contributed by atoms with Gasteiger partial charge in [-0.05, 0) is 49.1 Å². The highest BCUT2D eigenvalue weighted by Gasteiger charge is 2.11. The van der Waals surface area contributed by atoms with Crippen molar-refractivity contribution in [3.8, 4) is 5.75 Å². The van der Waals surface area contributed by atoms with Crippen LogP contribution in [0.15, 0.2) is 47.4 Å². The Morgan fingerprint density at radius 1 is 1.20 bits per heavy atom. The van der Waals surface area contributed by atoms with Crippen LogP contribution in [0.1, 0.15) is 35.7 Å². The molecule has 2 rings (SSSR count). The fourth-order valence-electron chi connectivity index (χ4n) is 2.37. The van der Waals surface area contributed by atoms with Crippen LogP contribution in [-0.4, -0.2) is 25.9 Å². The molecule has 0 aliphatic rings. The Kier molecular flexibility index (Phi) is 7.82. The van der Waals surface area contributed by atoms with Gasteiger partial charge in [0.2, 0.25) is 0 Å². The molecule has 0 unspecified atom stereocenters. The third-order valence-electron chi connectivity index (χ3n) is 3.77. The van der Waals surface area contributed by atoms with Crippen LogP contribution in [0.3, 0.4) is 0 Å². The zero-order chi connectivity index (χ0) is 18.1. The summed E-state index contributed by atoms with van der Waals surface area (Å²) in [7, 11) is 1.62. The maximum Gasteiger partial charge on any atom is 0.255 e. The molecule has 5 heteroatoms. The van der Waals surface area contributed by atoms with Crippen LogP contribution < -0.4 is 10.1 Å². The van der Waals surface area contributed by atoms with Crippen LogP contribution in [-0.2, 0) is 11.3 Å². The molecule has 0 atom stereocenters. The van der Waals surface area contributed by atoms with E-state index in [9.17, 15) is 4.79 Å². The van der Waals surface area contributed by atoms with Crippen molar-refractivity contribution in [2.45, 2.75) is 31.3 Å². The number of unbranched alkanes of at least 4 members (excludes halogenated alkanes) is 1. The molecule has 1 amide bonds. The molecular weight excluding hydrogens is 334 g/mol. The summed E-state index contributed by atoms with van der Waals surface area (Å²) in [6, 6.07) is 13.2. The maximum absolute atomic E-state index is 12.5. The summed E-state index contributed by atoms with van der Waals surface area (Å²) < 4.78 is 11.0. The minimum Gasteiger partial charge on any atom is -0.496 e. The Hall–Kier alpha value is -1.98. The van der Waals surface area contributed by atoms with Crippen LogP contribution in [0, 0.1) is 0 Å². The van der Waals surface area contributed by atoms with Gasteiger partial charge in [0.15, 0.2) is 0 Å². The van der Waals surface area contributed by atoms with E-state index in [1.807, 2.05) is 42.7 Å². The van der Waals surface area contributed by atoms with E-state index in [1.54, 1.807) is 24.9 Å². The zero-order valence-electron chi connectivity index (χ0n) is 15.0. The number of ether oxygens (including phenoxy) is 2. The number of amides is 1. The van der Waals surface area contributed by atoms with Crippen LogP contribution in [0.5, 0.6) is 5.75 Å². The van der Waals surface area contributed by atoms with Gasteiger partial charge >= 0.3 is 0 Å². The summed E-state index contributed by atoms with van der Waals surface area (Å²) in [5.41, 5.74) is 2.25. The number of carbonyl (C=O) groups excluding carboxylic acids is 1. The number of anilines is 1. The van der Waals surface area contributed by atoms with E-state index in [2.05, 4.69) is 12.2 Å². The lowest BCUT2D eigenvalue weighted by Gasteiger charge is -2.12. The molecule has 0 bridgehead atoms. The first-order valence-corrected chi connectivity index (χ1v) is 9.60. The minimum atomic E-state index is -0.143. The first kappa shape index (κ1) is 19.3. The van der Waals surface area contributed by atoms with Gasteiger partial charge in [0, 0.05) is 28.3 Å². The van der Waals surface area contributed by atoms with Gasteiger partial charge in [-0.25, -0.2) is 0 Å². The van der Waals surface area contributed by atoms with E-state index >= 15 is 0 Å². The van der Waals surface area contributed by atoms with Crippen molar-refractivity contribution in [3.63, 3.8) is 0 Å². The number of hydrogen-bond acceptors (Lipinski definition) is 4. The SMILES string of the molecule is CCCCOCc1cc(C(=O)Nc2cccc(SC)c2)ccc1OC. The molecule has 0 aromatic heterocycles. The normalized spacial score (nSPS) is 10.5. The third-order valence-corrected chi connectivity index (χ3v) is 4.50. The second kappa shape index (κ2) is 10.1. The van der Waals surface area contributed by atoms with E-state index in [-0.39, 0.29) is 5.91 Å². The molecule has 2 aromatic carbocycles. The lowest BCUT2D eigenvalue weighted by Crippen LogP contribution is -2.12. The number of methoxy groups -OCH3 is 1. The molecule has 0 heterocycles. The average Bonchev–Trinajstić information content (AvgIpc) is 2.65. The second-order valence-corrected chi connectivity index (χ2v) is 6.50. The molecule has 0 spiro atoms. The number of rotatable bonds is 9. The van der Waals surface area contributed by atoms with Gasteiger partial charge < -0.3 is 14.8 Å².